The second-order valence-corrected chi connectivity index (χ2v) is 7.57. The van der Waals surface area contributed by atoms with Gasteiger partial charge in [0.25, 0.3) is 10.1 Å². The Morgan fingerprint density at radius 3 is 2.48 bits per heavy atom. The minimum Gasteiger partial charge on any atom is -0.282 e. The maximum Gasteiger partial charge on any atom is 0.296 e. The molecule has 6 nitrogen and oxygen atoms in total. The van der Waals surface area contributed by atoms with Crippen molar-refractivity contribution in [2.75, 3.05) is 0 Å². The minimum atomic E-state index is -4.30. The Balaban J connectivity index is 2.17. The van der Waals surface area contributed by atoms with Gasteiger partial charge in [0.2, 0.25) is 0 Å². The third kappa shape index (κ3) is 3.27. The molecule has 0 radical (unpaired) electrons. The number of hydrogen-bond acceptors (Lipinski definition) is 6. The Bertz CT molecular complexity index is 1010. The predicted octanol–water partition coefficient (Wildman–Crippen LogP) is 4.95. The topological polar surface area (TPSA) is 92.0 Å². The summed E-state index contributed by atoms with van der Waals surface area (Å²) in [6.45, 7) is 1.64. The lowest BCUT2D eigenvalue weighted by molar-refractivity contribution is 0.484. The third-order valence-electron chi connectivity index (χ3n) is 3.23. The average Bonchev–Trinajstić information content (AvgIpc) is 2.90. The van der Waals surface area contributed by atoms with Crippen LogP contribution in [0.25, 0.3) is 20.8 Å². The zero-order chi connectivity index (χ0) is 16.6. The van der Waals surface area contributed by atoms with Gasteiger partial charge in [-0.1, -0.05) is 6.07 Å². The van der Waals surface area contributed by atoms with Gasteiger partial charge in [-0.3, -0.25) is 4.55 Å². The van der Waals surface area contributed by atoms with E-state index in [2.05, 4.69) is 13.4 Å². The first-order valence-electron chi connectivity index (χ1n) is 6.40. The zero-order valence-electron chi connectivity index (χ0n) is 11.8. The lowest BCUT2D eigenvalue weighted by Gasteiger charge is -2.02. The van der Waals surface area contributed by atoms with Crippen LogP contribution in [0.1, 0.15) is 5.56 Å². The number of nitrogens with zero attached hydrogens (tertiary/aromatic N) is 3. The van der Waals surface area contributed by atoms with Crippen molar-refractivity contribution in [3.8, 4) is 10.6 Å². The number of fused-ring (bicyclic) bond motifs is 1. The summed E-state index contributed by atoms with van der Waals surface area (Å²) in [6, 6.07) is 10.7. The van der Waals surface area contributed by atoms with E-state index in [1.807, 2.05) is 12.1 Å². The molecule has 0 aliphatic carbocycles. The molecule has 0 saturated carbocycles. The maximum atomic E-state index is 11.6. The molecule has 23 heavy (non-hydrogen) atoms. The van der Waals surface area contributed by atoms with Gasteiger partial charge in [-0.15, -0.1) is 19.8 Å². The molecule has 0 atom stereocenters. The highest BCUT2D eigenvalue weighted by Gasteiger charge is 2.20. The molecule has 0 bridgehead atoms. The zero-order valence-corrected chi connectivity index (χ0v) is 15.6. The van der Waals surface area contributed by atoms with E-state index in [-0.39, 0.29) is 4.90 Å². The van der Waals surface area contributed by atoms with E-state index in [0.29, 0.717) is 20.8 Å². The Morgan fingerprint density at radius 1 is 1.17 bits per heavy atom. The van der Waals surface area contributed by atoms with Crippen LogP contribution in [-0.2, 0) is 10.1 Å². The van der Waals surface area contributed by atoms with E-state index in [4.69, 9.17) is 0 Å². The average molecular weight is 459 g/mol. The second-order valence-electron chi connectivity index (χ2n) is 4.78. The third-order valence-corrected chi connectivity index (χ3v) is 5.76. The molecule has 0 amide bonds. The van der Waals surface area contributed by atoms with Crippen molar-refractivity contribution in [2.24, 2.45) is 8.44 Å². The highest BCUT2D eigenvalue weighted by Crippen LogP contribution is 2.36. The molecule has 118 valence electrons. The molecular weight excluding hydrogens is 449 g/mol. The van der Waals surface area contributed by atoms with Crippen LogP contribution in [0.2, 0.25) is 0 Å². The Kier molecular flexibility index (Phi) is 4.45. The smallest absolute Gasteiger partial charge is 0.282 e. The molecule has 1 aromatic heterocycles. The monoisotopic (exact) mass is 459 g/mol. The van der Waals surface area contributed by atoms with Crippen LogP contribution in [0, 0.1) is 6.92 Å². The lowest BCUT2D eigenvalue weighted by atomic mass is 10.2. The number of thiazole rings is 1. The van der Waals surface area contributed by atoms with E-state index in [1.165, 1.54) is 11.3 Å². The highest BCUT2D eigenvalue weighted by molar-refractivity contribution is 14.1. The van der Waals surface area contributed by atoms with Crippen LogP contribution in [0.3, 0.4) is 0 Å². The van der Waals surface area contributed by atoms with Crippen LogP contribution in [-0.4, -0.2) is 18.0 Å². The van der Waals surface area contributed by atoms with Crippen molar-refractivity contribution in [1.82, 2.24) is 4.98 Å². The van der Waals surface area contributed by atoms with Gasteiger partial charge in [0.1, 0.15) is 32.8 Å². The molecule has 0 aliphatic rings. The Labute approximate surface area is 150 Å². The van der Waals surface area contributed by atoms with Crippen molar-refractivity contribution in [1.29, 1.82) is 0 Å². The van der Waals surface area contributed by atoms with E-state index in [0.717, 1.165) is 11.3 Å². The standard InChI is InChI=1S/C14H10IN3O3S2/c1-8-2-7-11-12(13(8)23(19,20)21)22-14(16-11)9-3-5-10(6-4-9)17-18-15/h2-7H,1H3,(H,19,20,21). The van der Waals surface area contributed by atoms with Crippen molar-refractivity contribution >= 4 is 60.2 Å². The Hall–Kier alpha value is -1.43. The van der Waals surface area contributed by atoms with Crippen molar-refractivity contribution in [3.05, 3.63) is 42.0 Å². The van der Waals surface area contributed by atoms with Crippen LogP contribution in [0.5, 0.6) is 0 Å². The molecule has 2 aromatic carbocycles. The summed E-state index contributed by atoms with van der Waals surface area (Å²) in [5, 5.41) is 4.60. The van der Waals surface area contributed by atoms with Gasteiger partial charge >= 0.3 is 0 Å². The molecule has 0 aliphatic heterocycles. The van der Waals surface area contributed by atoms with E-state index < -0.39 is 10.1 Å². The fourth-order valence-corrected chi connectivity index (χ4v) is 4.79. The number of aryl methyl sites for hydroxylation is 1. The van der Waals surface area contributed by atoms with Gasteiger partial charge in [-0.2, -0.15) is 8.42 Å². The number of benzene rings is 2. The van der Waals surface area contributed by atoms with Gasteiger partial charge in [-0.25, -0.2) is 4.98 Å². The molecule has 3 rings (SSSR count). The van der Waals surface area contributed by atoms with Crippen LogP contribution in [0.4, 0.5) is 5.69 Å². The fourth-order valence-electron chi connectivity index (χ4n) is 2.22. The maximum absolute atomic E-state index is 11.6. The molecule has 0 spiro atoms. The van der Waals surface area contributed by atoms with E-state index in [1.54, 1.807) is 54.1 Å². The molecule has 0 saturated heterocycles. The van der Waals surface area contributed by atoms with Gasteiger partial charge in [0.05, 0.1) is 15.9 Å². The summed E-state index contributed by atoms with van der Waals surface area (Å²) in [4.78, 5) is 4.39. The number of aromatic nitrogens is 1. The van der Waals surface area contributed by atoms with E-state index >= 15 is 0 Å². The highest BCUT2D eigenvalue weighted by atomic mass is 127. The molecule has 0 unspecified atom stereocenters. The Morgan fingerprint density at radius 2 is 1.87 bits per heavy atom. The van der Waals surface area contributed by atoms with Crippen molar-refractivity contribution < 1.29 is 13.0 Å². The molecule has 0 fully saturated rings. The summed E-state index contributed by atoms with van der Waals surface area (Å²) < 4.78 is 36.9. The quantitative estimate of drug-likeness (QED) is 0.341. The first-order chi connectivity index (χ1) is 10.9. The first kappa shape index (κ1) is 16.4. The number of rotatable bonds is 3. The van der Waals surface area contributed by atoms with Gasteiger partial charge < -0.3 is 0 Å². The fraction of sp³-hybridized carbons (Fsp3) is 0.0714. The summed E-state index contributed by atoms with van der Waals surface area (Å²) in [6.07, 6.45) is 0. The van der Waals surface area contributed by atoms with Crippen molar-refractivity contribution in [3.63, 3.8) is 0 Å². The largest absolute Gasteiger partial charge is 0.296 e. The normalized spacial score (nSPS) is 12.3. The summed E-state index contributed by atoms with van der Waals surface area (Å²) in [5.41, 5.74) is 2.60. The van der Waals surface area contributed by atoms with Crippen LogP contribution in [0.15, 0.2) is 49.7 Å². The van der Waals surface area contributed by atoms with Crippen molar-refractivity contribution in [2.45, 2.75) is 11.8 Å². The SMILES string of the molecule is Cc1ccc2nc(-c3ccc(N=NI)cc3)sc2c1S(=O)(=O)O. The summed E-state index contributed by atoms with van der Waals surface area (Å²) >= 11 is 3.03. The second kappa shape index (κ2) is 6.23. The predicted molar refractivity (Wildman–Crippen MR) is 98.1 cm³/mol. The molecule has 3 aromatic rings. The summed E-state index contributed by atoms with van der Waals surface area (Å²) in [7, 11) is -4.30. The lowest BCUT2D eigenvalue weighted by Crippen LogP contribution is -2.00. The van der Waals surface area contributed by atoms with Crippen LogP contribution < -0.4 is 0 Å². The van der Waals surface area contributed by atoms with E-state index in [9.17, 15) is 13.0 Å². The molecule has 1 heterocycles. The number of hydrogen-bond donors (Lipinski definition) is 1. The van der Waals surface area contributed by atoms with Gasteiger partial charge in [0, 0.05) is 5.56 Å². The molecular formula is C14H10IN3O3S2. The first-order valence-corrected chi connectivity index (χ1v) is 9.62. The van der Waals surface area contributed by atoms with Crippen LogP contribution >= 0.6 is 34.2 Å². The summed E-state index contributed by atoms with van der Waals surface area (Å²) in [5.74, 6) is 0. The van der Waals surface area contributed by atoms with Gasteiger partial charge in [-0.05, 0) is 42.8 Å². The van der Waals surface area contributed by atoms with Gasteiger partial charge in [0.15, 0.2) is 0 Å². The minimum absolute atomic E-state index is 0.0749. The molecule has 9 heteroatoms. The molecule has 1 N–H and O–H groups in total. The number of halogens is 1.